The number of amides is 1. The summed E-state index contributed by atoms with van der Waals surface area (Å²) in [6.45, 7) is 2.31. The Kier molecular flexibility index (Phi) is 4.27. The first kappa shape index (κ1) is 17.4. The Morgan fingerprint density at radius 3 is 2.74 bits per heavy atom. The number of carboxylic acid groups (broad SMARTS) is 1. The summed E-state index contributed by atoms with van der Waals surface area (Å²) < 4.78 is 1.76. The lowest BCUT2D eigenvalue weighted by atomic mass is 9.90. The highest BCUT2D eigenvalue weighted by Gasteiger charge is 2.42. The van der Waals surface area contributed by atoms with E-state index in [1.54, 1.807) is 28.1 Å². The van der Waals surface area contributed by atoms with Crippen LogP contribution in [0.15, 0.2) is 48.1 Å². The van der Waals surface area contributed by atoms with E-state index in [1.165, 1.54) is 11.3 Å². The normalized spacial score (nSPS) is 19.4. The molecule has 2 aromatic heterocycles. The third-order valence-corrected chi connectivity index (χ3v) is 5.74. The van der Waals surface area contributed by atoms with Crippen molar-refractivity contribution in [2.45, 2.75) is 13.3 Å². The maximum absolute atomic E-state index is 12.7. The van der Waals surface area contributed by atoms with E-state index in [0.29, 0.717) is 23.7 Å². The molecule has 4 rings (SSSR count). The molecular weight excluding hydrogens is 364 g/mol. The number of carbonyl (C=O) groups excluding carboxylic acids is 1. The molecule has 0 radical (unpaired) electrons. The maximum atomic E-state index is 12.7. The largest absolute Gasteiger partial charge is 0.481 e. The zero-order chi connectivity index (χ0) is 19.0. The van der Waals surface area contributed by atoms with Crippen LogP contribution in [-0.4, -0.2) is 49.7 Å². The molecule has 0 aliphatic carbocycles. The third-order valence-electron chi connectivity index (χ3n) is 4.85. The van der Waals surface area contributed by atoms with E-state index in [1.807, 2.05) is 36.5 Å². The molecule has 0 bridgehead atoms. The summed E-state index contributed by atoms with van der Waals surface area (Å²) in [7, 11) is 0. The second kappa shape index (κ2) is 6.62. The zero-order valence-electron chi connectivity index (χ0n) is 14.7. The Morgan fingerprint density at radius 1 is 1.26 bits per heavy atom. The van der Waals surface area contributed by atoms with Crippen LogP contribution in [0.25, 0.3) is 16.3 Å². The Bertz CT molecular complexity index is 997. The van der Waals surface area contributed by atoms with E-state index in [0.717, 1.165) is 11.3 Å². The molecule has 1 fully saturated rings. The topological polar surface area (TPSA) is 88.3 Å². The number of benzene rings is 1. The van der Waals surface area contributed by atoms with Gasteiger partial charge in [-0.2, -0.15) is 5.10 Å². The minimum Gasteiger partial charge on any atom is -0.481 e. The summed E-state index contributed by atoms with van der Waals surface area (Å²) in [5, 5.41) is 16.1. The van der Waals surface area contributed by atoms with Crippen LogP contribution >= 0.6 is 11.3 Å². The molecule has 27 heavy (non-hydrogen) atoms. The van der Waals surface area contributed by atoms with Gasteiger partial charge in [-0.1, -0.05) is 18.2 Å². The van der Waals surface area contributed by atoms with Gasteiger partial charge in [0.1, 0.15) is 10.7 Å². The van der Waals surface area contributed by atoms with Crippen LogP contribution in [0, 0.1) is 5.41 Å². The van der Waals surface area contributed by atoms with Gasteiger partial charge < -0.3 is 10.0 Å². The van der Waals surface area contributed by atoms with Crippen molar-refractivity contribution in [2.24, 2.45) is 5.41 Å². The highest BCUT2D eigenvalue weighted by atomic mass is 32.1. The van der Waals surface area contributed by atoms with Crippen LogP contribution in [0.3, 0.4) is 0 Å². The van der Waals surface area contributed by atoms with Gasteiger partial charge in [0, 0.05) is 30.2 Å². The number of likely N-dealkylation sites (tertiary alicyclic amines) is 1. The average molecular weight is 382 g/mol. The van der Waals surface area contributed by atoms with Crippen molar-refractivity contribution in [3.63, 3.8) is 0 Å². The molecule has 3 aromatic rings. The predicted molar refractivity (Wildman–Crippen MR) is 101 cm³/mol. The minimum absolute atomic E-state index is 0.208. The van der Waals surface area contributed by atoms with Gasteiger partial charge in [-0.15, -0.1) is 11.3 Å². The maximum Gasteiger partial charge on any atom is 0.311 e. The first-order valence-electron chi connectivity index (χ1n) is 8.55. The number of thiazole rings is 1. The molecule has 1 amide bonds. The Morgan fingerprint density at radius 2 is 2.04 bits per heavy atom. The Balaban J connectivity index is 1.52. The van der Waals surface area contributed by atoms with Crippen LogP contribution in [0.1, 0.15) is 23.8 Å². The number of carboxylic acids is 1. The van der Waals surface area contributed by atoms with Crippen molar-refractivity contribution in [2.75, 3.05) is 13.1 Å². The number of para-hydroxylation sites is 1. The van der Waals surface area contributed by atoms with Gasteiger partial charge in [-0.05, 0) is 25.5 Å². The smallest absolute Gasteiger partial charge is 0.311 e. The standard InChI is InChI=1S/C19H18N4O3S/c1-19(18(25)26)7-8-22(12-19)17(24)15-11-27-16(21-15)13-9-20-23(10-13)14-5-3-2-4-6-14/h2-6,9-11H,7-8,12H2,1H3,(H,25,26). The number of rotatable bonds is 4. The van der Waals surface area contributed by atoms with Crippen molar-refractivity contribution < 1.29 is 14.7 Å². The van der Waals surface area contributed by atoms with Crippen LogP contribution in [0.5, 0.6) is 0 Å². The molecule has 1 saturated heterocycles. The minimum atomic E-state index is -0.884. The first-order valence-corrected chi connectivity index (χ1v) is 9.43. The van der Waals surface area contributed by atoms with Gasteiger partial charge in [0.15, 0.2) is 0 Å². The van der Waals surface area contributed by atoms with Crippen molar-refractivity contribution >= 4 is 23.2 Å². The van der Waals surface area contributed by atoms with Crippen molar-refractivity contribution in [1.29, 1.82) is 0 Å². The van der Waals surface area contributed by atoms with E-state index < -0.39 is 11.4 Å². The summed E-state index contributed by atoms with van der Waals surface area (Å²) in [6.07, 6.45) is 4.05. The SMILES string of the molecule is CC1(C(=O)O)CCN(C(=O)c2csc(-c3cnn(-c4ccccc4)c3)n2)C1. The molecule has 1 atom stereocenters. The highest BCUT2D eigenvalue weighted by molar-refractivity contribution is 7.13. The monoisotopic (exact) mass is 382 g/mol. The summed E-state index contributed by atoms with van der Waals surface area (Å²) in [5.74, 6) is -1.09. The lowest BCUT2D eigenvalue weighted by Gasteiger charge is -2.19. The fourth-order valence-electron chi connectivity index (χ4n) is 3.13. The number of hydrogen-bond donors (Lipinski definition) is 1. The molecular formula is C19H18N4O3S. The van der Waals surface area contributed by atoms with E-state index in [2.05, 4.69) is 10.1 Å². The Labute approximate surface area is 159 Å². The number of aromatic nitrogens is 3. The second-order valence-corrected chi connectivity index (χ2v) is 7.75. The third kappa shape index (κ3) is 3.23. The van der Waals surface area contributed by atoms with Gasteiger partial charge in [-0.3, -0.25) is 9.59 Å². The lowest BCUT2D eigenvalue weighted by Crippen LogP contribution is -2.35. The van der Waals surface area contributed by atoms with E-state index in [9.17, 15) is 14.7 Å². The molecule has 7 nitrogen and oxygen atoms in total. The van der Waals surface area contributed by atoms with Crippen LogP contribution in [-0.2, 0) is 4.79 Å². The van der Waals surface area contributed by atoms with Crippen molar-refractivity contribution in [3.8, 4) is 16.3 Å². The lowest BCUT2D eigenvalue weighted by molar-refractivity contribution is -0.147. The number of hydrogen-bond acceptors (Lipinski definition) is 5. The van der Waals surface area contributed by atoms with Crippen LogP contribution in [0.2, 0.25) is 0 Å². The van der Waals surface area contributed by atoms with Gasteiger partial charge in [0.2, 0.25) is 0 Å². The average Bonchev–Trinajstić information content (AvgIpc) is 3.41. The molecule has 0 saturated carbocycles. The summed E-state index contributed by atoms with van der Waals surface area (Å²) in [6, 6.07) is 9.75. The molecule has 1 unspecified atom stereocenters. The molecule has 1 aliphatic heterocycles. The van der Waals surface area contributed by atoms with E-state index >= 15 is 0 Å². The zero-order valence-corrected chi connectivity index (χ0v) is 15.5. The van der Waals surface area contributed by atoms with Crippen LogP contribution in [0.4, 0.5) is 0 Å². The number of aliphatic carboxylic acids is 1. The van der Waals surface area contributed by atoms with Crippen LogP contribution < -0.4 is 0 Å². The van der Waals surface area contributed by atoms with Gasteiger partial charge >= 0.3 is 5.97 Å². The molecule has 0 spiro atoms. The summed E-state index contributed by atoms with van der Waals surface area (Å²) >= 11 is 1.38. The fraction of sp³-hybridized carbons (Fsp3) is 0.263. The fourth-order valence-corrected chi connectivity index (χ4v) is 3.90. The Hall–Kier alpha value is -3.00. The highest BCUT2D eigenvalue weighted by Crippen LogP contribution is 2.32. The van der Waals surface area contributed by atoms with Gasteiger partial charge in [0.25, 0.3) is 5.91 Å². The molecule has 8 heteroatoms. The quantitative estimate of drug-likeness (QED) is 0.749. The molecule has 3 heterocycles. The molecule has 138 valence electrons. The summed E-state index contributed by atoms with van der Waals surface area (Å²) in [4.78, 5) is 30.1. The predicted octanol–water partition coefficient (Wildman–Crippen LogP) is 2.93. The molecule has 1 aromatic carbocycles. The van der Waals surface area contributed by atoms with E-state index in [-0.39, 0.29) is 12.5 Å². The summed E-state index contributed by atoms with van der Waals surface area (Å²) in [5.41, 5.74) is 1.24. The number of nitrogens with zero attached hydrogens (tertiary/aromatic N) is 4. The first-order chi connectivity index (χ1) is 13.0. The van der Waals surface area contributed by atoms with Crippen molar-refractivity contribution in [3.05, 3.63) is 53.8 Å². The van der Waals surface area contributed by atoms with Crippen molar-refractivity contribution in [1.82, 2.24) is 19.7 Å². The molecule has 1 N–H and O–H groups in total. The van der Waals surface area contributed by atoms with E-state index in [4.69, 9.17) is 0 Å². The molecule has 1 aliphatic rings. The number of carbonyl (C=O) groups is 2. The second-order valence-electron chi connectivity index (χ2n) is 6.89. The van der Waals surface area contributed by atoms with Gasteiger partial charge in [-0.25, -0.2) is 9.67 Å². The van der Waals surface area contributed by atoms with Gasteiger partial charge in [0.05, 0.1) is 17.3 Å².